The van der Waals surface area contributed by atoms with Gasteiger partial charge in [-0.15, -0.1) is 0 Å². The lowest BCUT2D eigenvalue weighted by molar-refractivity contribution is 0.359. The van der Waals surface area contributed by atoms with E-state index in [1.165, 1.54) is 0 Å². The molecule has 1 N–H and O–H groups in total. The molecule has 2 aromatic rings. The smallest absolute Gasteiger partial charge is 0.133 e. The van der Waals surface area contributed by atoms with Gasteiger partial charge in [0.25, 0.3) is 0 Å². The maximum absolute atomic E-state index is 10.4. The van der Waals surface area contributed by atoms with E-state index in [1.54, 1.807) is 12.3 Å². The number of aliphatic imine (C=N–C) groups is 1. The van der Waals surface area contributed by atoms with Crippen LogP contribution >= 0.6 is 0 Å². The van der Waals surface area contributed by atoms with Crippen molar-refractivity contribution in [3.63, 3.8) is 0 Å². The van der Waals surface area contributed by atoms with Gasteiger partial charge in [0.1, 0.15) is 23.5 Å². The molecule has 5 heteroatoms. The number of anilines is 1. The summed E-state index contributed by atoms with van der Waals surface area (Å²) in [6, 6.07) is 17.5. The van der Waals surface area contributed by atoms with Crippen molar-refractivity contribution in [2.45, 2.75) is 40.5 Å². The average Bonchev–Trinajstić information content (AvgIpc) is 2.85. The Hall–Kier alpha value is -4.09. The molecule has 0 atom stereocenters. The van der Waals surface area contributed by atoms with Gasteiger partial charge in [0.05, 0.1) is 5.69 Å². The molecular weight excluding hydrogens is 432 g/mol. The van der Waals surface area contributed by atoms with Gasteiger partial charge in [-0.25, -0.2) is 0 Å². The number of allylic oxidation sites excluding steroid dienone is 5. The number of nitriles is 2. The Kier molecular flexibility index (Phi) is 8.29. The van der Waals surface area contributed by atoms with Crippen molar-refractivity contribution >= 4 is 23.7 Å². The highest BCUT2D eigenvalue weighted by atomic mass is 16.3. The van der Waals surface area contributed by atoms with Gasteiger partial charge in [-0.2, -0.15) is 10.5 Å². The summed E-state index contributed by atoms with van der Waals surface area (Å²) in [4.78, 5) is 6.68. The maximum atomic E-state index is 10.4. The summed E-state index contributed by atoms with van der Waals surface area (Å²) < 4.78 is 0. The molecule has 0 fully saturated rings. The monoisotopic (exact) mass is 464 g/mol. The molecule has 0 radical (unpaired) electrons. The molecular formula is C30H32N4O. The standard InChI is InChI=1S/C30H32N4O/c1-5-34(6-2)27-14-11-24(29(35)17-27)21-33-26-12-8-22(9-13-26)7-10-23-15-16-30(3,4)18-28(23)25(19-31)20-32/h7-15,17,21,35H,5-6,16,18H2,1-4H3/b10-7+,33-21?. The molecule has 0 saturated carbocycles. The van der Waals surface area contributed by atoms with Gasteiger partial charge >= 0.3 is 0 Å². The molecule has 0 spiro atoms. The van der Waals surface area contributed by atoms with Crippen LogP contribution in [-0.2, 0) is 0 Å². The van der Waals surface area contributed by atoms with Crippen molar-refractivity contribution in [1.82, 2.24) is 0 Å². The first-order valence-corrected chi connectivity index (χ1v) is 11.9. The van der Waals surface area contributed by atoms with Crippen molar-refractivity contribution in [3.8, 4) is 17.9 Å². The van der Waals surface area contributed by atoms with Gasteiger partial charge in [-0.3, -0.25) is 4.99 Å². The Labute approximate surface area is 208 Å². The lowest BCUT2D eigenvalue weighted by Crippen LogP contribution is -2.21. The van der Waals surface area contributed by atoms with Gasteiger partial charge in [0, 0.05) is 36.6 Å². The van der Waals surface area contributed by atoms with Gasteiger partial charge in [-0.05, 0) is 73.1 Å². The van der Waals surface area contributed by atoms with E-state index >= 15 is 0 Å². The molecule has 0 unspecified atom stereocenters. The fourth-order valence-electron chi connectivity index (χ4n) is 4.15. The molecule has 3 rings (SSSR count). The van der Waals surface area contributed by atoms with Gasteiger partial charge in [0.2, 0.25) is 0 Å². The summed E-state index contributed by atoms with van der Waals surface area (Å²) >= 11 is 0. The lowest BCUT2D eigenvalue weighted by Gasteiger charge is -2.30. The van der Waals surface area contributed by atoms with Crippen LogP contribution in [0.4, 0.5) is 11.4 Å². The zero-order chi connectivity index (χ0) is 25.4. The highest BCUT2D eigenvalue weighted by Gasteiger charge is 2.26. The molecule has 2 aromatic carbocycles. The number of aromatic hydroxyl groups is 1. The summed E-state index contributed by atoms with van der Waals surface area (Å²) in [5.41, 5.74) is 5.41. The highest BCUT2D eigenvalue weighted by molar-refractivity contribution is 5.86. The normalized spacial score (nSPS) is 15.0. The van der Waals surface area contributed by atoms with Crippen LogP contribution in [0.1, 0.15) is 51.7 Å². The number of nitrogens with zero attached hydrogens (tertiary/aromatic N) is 4. The predicted molar refractivity (Wildman–Crippen MR) is 144 cm³/mol. The second-order valence-corrected chi connectivity index (χ2v) is 9.38. The van der Waals surface area contributed by atoms with Crippen molar-refractivity contribution in [1.29, 1.82) is 10.5 Å². The fourth-order valence-corrected chi connectivity index (χ4v) is 4.15. The number of benzene rings is 2. The average molecular weight is 465 g/mol. The van der Waals surface area contributed by atoms with Crippen LogP contribution < -0.4 is 4.90 Å². The van der Waals surface area contributed by atoms with Gasteiger partial charge in [-0.1, -0.05) is 44.2 Å². The zero-order valence-electron chi connectivity index (χ0n) is 20.9. The van der Waals surface area contributed by atoms with Crippen LogP contribution in [0.25, 0.3) is 6.08 Å². The van der Waals surface area contributed by atoms with Crippen LogP contribution in [0, 0.1) is 28.1 Å². The number of hydrogen-bond donors (Lipinski definition) is 1. The number of phenols is 1. The Balaban J connectivity index is 1.75. The number of hydrogen-bond acceptors (Lipinski definition) is 5. The summed E-state index contributed by atoms with van der Waals surface area (Å²) in [5, 5.41) is 29.2. The van der Waals surface area contributed by atoms with Crippen molar-refractivity contribution in [2.24, 2.45) is 10.4 Å². The van der Waals surface area contributed by atoms with Crippen LogP contribution in [0.15, 0.2) is 76.3 Å². The van der Waals surface area contributed by atoms with E-state index in [2.05, 4.69) is 43.7 Å². The Morgan fingerprint density at radius 3 is 2.34 bits per heavy atom. The Morgan fingerprint density at radius 1 is 1.06 bits per heavy atom. The summed E-state index contributed by atoms with van der Waals surface area (Å²) in [6.07, 6.45) is 9.35. The molecule has 0 aromatic heterocycles. The Morgan fingerprint density at radius 2 is 1.74 bits per heavy atom. The molecule has 0 heterocycles. The summed E-state index contributed by atoms with van der Waals surface area (Å²) in [6.45, 7) is 10.2. The molecule has 5 nitrogen and oxygen atoms in total. The van der Waals surface area contributed by atoms with E-state index in [4.69, 9.17) is 0 Å². The molecule has 0 aliphatic heterocycles. The third kappa shape index (κ3) is 6.49. The quantitative estimate of drug-likeness (QED) is 0.350. The minimum absolute atomic E-state index is 0.0332. The highest BCUT2D eigenvalue weighted by Crippen LogP contribution is 2.39. The first kappa shape index (κ1) is 25.5. The Bertz CT molecular complexity index is 1240. The summed E-state index contributed by atoms with van der Waals surface area (Å²) in [7, 11) is 0. The number of phenolic OH excluding ortho intramolecular Hbond substituents is 1. The molecule has 1 aliphatic rings. The van der Waals surface area contributed by atoms with E-state index in [0.29, 0.717) is 12.0 Å². The second-order valence-electron chi connectivity index (χ2n) is 9.38. The van der Waals surface area contributed by atoms with E-state index in [-0.39, 0.29) is 16.7 Å². The first-order valence-electron chi connectivity index (χ1n) is 11.9. The minimum atomic E-state index is 0.0332. The van der Waals surface area contributed by atoms with Crippen molar-refractivity contribution < 1.29 is 5.11 Å². The van der Waals surface area contributed by atoms with Gasteiger partial charge in [0.15, 0.2) is 0 Å². The van der Waals surface area contributed by atoms with Crippen LogP contribution in [0.3, 0.4) is 0 Å². The topological polar surface area (TPSA) is 83.4 Å². The first-order chi connectivity index (χ1) is 16.8. The van der Waals surface area contributed by atoms with E-state index < -0.39 is 0 Å². The predicted octanol–water partition coefficient (Wildman–Crippen LogP) is 7.09. The number of rotatable bonds is 7. The lowest BCUT2D eigenvalue weighted by atomic mass is 9.74. The second kappa shape index (κ2) is 11.4. The van der Waals surface area contributed by atoms with Crippen LogP contribution in [0.5, 0.6) is 5.75 Å². The third-order valence-electron chi connectivity index (χ3n) is 6.25. The molecule has 35 heavy (non-hydrogen) atoms. The van der Waals surface area contributed by atoms with E-state index in [9.17, 15) is 15.6 Å². The third-order valence-corrected chi connectivity index (χ3v) is 6.25. The SMILES string of the molecule is CCN(CC)c1ccc(C=Nc2ccc(/C=C/C3=CCC(C)(C)CC3=C(C#N)C#N)cc2)c(O)c1. The molecule has 1 aliphatic carbocycles. The fraction of sp³-hybridized carbons (Fsp3) is 0.300. The zero-order valence-corrected chi connectivity index (χ0v) is 20.9. The molecule has 0 saturated heterocycles. The van der Waals surface area contributed by atoms with Crippen LogP contribution in [0.2, 0.25) is 0 Å². The minimum Gasteiger partial charge on any atom is -0.507 e. The van der Waals surface area contributed by atoms with Gasteiger partial charge < -0.3 is 10.0 Å². The van der Waals surface area contributed by atoms with E-state index in [0.717, 1.165) is 47.6 Å². The molecule has 0 bridgehead atoms. The van der Waals surface area contributed by atoms with Crippen molar-refractivity contribution in [2.75, 3.05) is 18.0 Å². The van der Waals surface area contributed by atoms with Crippen LogP contribution in [-0.4, -0.2) is 24.4 Å². The summed E-state index contributed by atoms with van der Waals surface area (Å²) in [5.74, 6) is 0.208. The van der Waals surface area contributed by atoms with E-state index in [1.807, 2.05) is 60.7 Å². The van der Waals surface area contributed by atoms with Crippen molar-refractivity contribution in [3.05, 3.63) is 82.5 Å². The maximum Gasteiger partial charge on any atom is 0.133 e. The largest absolute Gasteiger partial charge is 0.507 e. The molecule has 0 amide bonds. The molecule has 178 valence electrons.